The molecule has 0 spiro atoms. The van der Waals surface area contributed by atoms with Crippen LogP contribution in [-0.2, 0) is 30.4 Å². The number of fused-ring (bicyclic) bond motifs is 1. The summed E-state index contributed by atoms with van der Waals surface area (Å²) in [7, 11) is 0. The van der Waals surface area contributed by atoms with Gasteiger partial charge < -0.3 is 37.1 Å². The van der Waals surface area contributed by atoms with E-state index in [9.17, 15) is 29.1 Å². The quantitative estimate of drug-likeness (QED) is 0.167. The fourth-order valence-corrected chi connectivity index (χ4v) is 4.83. The zero-order valence-electron chi connectivity index (χ0n) is 21.1. The molecular formula is C25H34N6O6S. The number of benzene rings is 1. The van der Waals surface area contributed by atoms with Crippen molar-refractivity contribution in [3.05, 3.63) is 36.0 Å². The molecule has 4 atom stereocenters. The highest BCUT2D eigenvalue weighted by Crippen LogP contribution is 2.19. The van der Waals surface area contributed by atoms with Crippen molar-refractivity contribution >= 4 is 52.3 Å². The summed E-state index contributed by atoms with van der Waals surface area (Å²) < 4.78 is 0. The Hall–Kier alpha value is -3.58. The molecule has 2 aromatic rings. The molecule has 1 aromatic carbocycles. The minimum atomic E-state index is -1.52. The van der Waals surface area contributed by atoms with Crippen molar-refractivity contribution in [3.63, 3.8) is 0 Å². The predicted molar refractivity (Wildman–Crippen MR) is 143 cm³/mol. The Kier molecular flexibility index (Phi) is 10.5. The van der Waals surface area contributed by atoms with Crippen LogP contribution in [0.4, 0.5) is 0 Å². The van der Waals surface area contributed by atoms with Gasteiger partial charge in [0.2, 0.25) is 23.6 Å². The van der Waals surface area contributed by atoms with E-state index in [-0.39, 0.29) is 18.7 Å². The van der Waals surface area contributed by atoms with E-state index in [4.69, 9.17) is 5.73 Å². The maximum atomic E-state index is 13.5. The lowest BCUT2D eigenvalue weighted by atomic mass is 10.0. The molecule has 0 radical (unpaired) electrons. The number of aliphatic carboxylic acids is 1. The highest BCUT2D eigenvalue weighted by atomic mass is 32.2. The largest absolute Gasteiger partial charge is 0.480 e. The number of carbonyl (C=O) groups is 5. The fourth-order valence-electron chi connectivity index (χ4n) is 4.36. The van der Waals surface area contributed by atoms with Crippen molar-refractivity contribution in [3.8, 4) is 0 Å². The maximum absolute atomic E-state index is 13.5. The van der Waals surface area contributed by atoms with E-state index in [2.05, 4.69) is 26.3 Å². The number of nitrogens with two attached hydrogens (primary N) is 1. The van der Waals surface area contributed by atoms with Gasteiger partial charge in [-0.2, -0.15) is 11.8 Å². The van der Waals surface area contributed by atoms with Gasteiger partial charge in [0.1, 0.15) is 18.1 Å². The van der Waals surface area contributed by atoms with Gasteiger partial charge in [-0.15, -0.1) is 0 Å². The number of para-hydroxylation sites is 1. The Morgan fingerprint density at radius 2 is 1.79 bits per heavy atom. The highest BCUT2D eigenvalue weighted by molar-refractivity contribution is 7.98. The second-order valence-electron chi connectivity index (χ2n) is 9.19. The van der Waals surface area contributed by atoms with Crippen molar-refractivity contribution in [2.45, 2.75) is 56.3 Å². The molecule has 1 fully saturated rings. The molecule has 1 aliphatic heterocycles. The van der Waals surface area contributed by atoms with Gasteiger partial charge in [0, 0.05) is 23.5 Å². The summed E-state index contributed by atoms with van der Waals surface area (Å²) in [4.78, 5) is 65.3. The first-order valence-electron chi connectivity index (χ1n) is 12.4. The fraction of sp³-hybridized carbons (Fsp3) is 0.480. The first-order chi connectivity index (χ1) is 18.2. The lowest BCUT2D eigenvalue weighted by molar-refractivity contribution is -0.143. The normalized spacial score (nSPS) is 17.3. The number of primary amides is 1. The number of carboxylic acids is 1. The number of aromatic nitrogens is 1. The molecule has 4 amide bonds. The van der Waals surface area contributed by atoms with Crippen LogP contribution in [0.3, 0.4) is 0 Å². The van der Waals surface area contributed by atoms with Gasteiger partial charge in [-0.3, -0.25) is 19.2 Å². The molecule has 0 aliphatic carbocycles. The third-order valence-electron chi connectivity index (χ3n) is 6.37. The number of rotatable bonds is 14. The van der Waals surface area contributed by atoms with Gasteiger partial charge >= 0.3 is 5.97 Å². The first kappa shape index (κ1) is 29.0. The van der Waals surface area contributed by atoms with E-state index in [0.717, 1.165) is 22.9 Å². The average Bonchev–Trinajstić information content (AvgIpc) is 3.56. The minimum absolute atomic E-state index is 0.171. The number of hydrogen-bond donors (Lipinski definition) is 7. The number of nitrogens with one attached hydrogen (secondary N) is 5. The van der Waals surface area contributed by atoms with Crippen LogP contribution < -0.4 is 27.0 Å². The van der Waals surface area contributed by atoms with Crippen molar-refractivity contribution in [1.29, 1.82) is 0 Å². The van der Waals surface area contributed by atoms with Crippen molar-refractivity contribution in [2.24, 2.45) is 5.73 Å². The van der Waals surface area contributed by atoms with Crippen LogP contribution in [-0.4, -0.2) is 82.4 Å². The summed E-state index contributed by atoms with van der Waals surface area (Å²) in [6.45, 7) is 0.713. The summed E-state index contributed by atoms with van der Waals surface area (Å²) in [6.07, 6.45) is 4.91. The molecule has 4 unspecified atom stereocenters. The minimum Gasteiger partial charge on any atom is -0.480 e. The molecule has 3 rings (SSSR count). The molecule has 0 saturated carbocycles. The van der Waals surface area contributed by atoms with Gasteiger partial charge in [-0.05, 0) is 49.4 Å². The molecular weight excluding hydrogens is 512 g/mol. The van der Waals surface area contributed by atoms with Gasteiger partial charge in [0.05, 0.1) is 12.5 Å². The second-order valence-corrected chi connectivity index (χ2v) is 10.2. The summed E-state index contributed by atoms with van der Waals surface area (Å²) >= 11 is 1.45. The Labute approximate surface area is 224 Å². The lowest BCUT2D eigenvalue weighted by Crippen LogP contribution is -2.57. The third-order valence-corrected chi connectivity index (χ3v) is 7.02. The van der Waals surface area contributed by atoms with E-state index < -0.39 is 54.3 Å². The van der Waals surface area contributed by atoms with Crippen molar-refractivity contribution in [1.82, 2.24) is 26.3 Å². The number of aromatic amines is 1. The molecule has 1 saturated heterocycles. The molecule has 12 nitrogen and oxygen atoms in total. The molecule has 8 N–H and O–H groups in total. The lowest BCUT2D eigenvalue weighted by Gasteiger charge is -2.25. The highest BCUT2D eigenvalue weighted by Gasteiger charge is 2.32. The maximum Gasteiger partial charge on any atom is 0.326 e. The summed E-state index contributed by atoms with van der Waals surface area (Å²) in [5.74, 6) is -3.44. The molecule has 1 aliphatic rings. The average molecular weight is 547 g/mol. The Balaban J connectivity index is 1.80. The van der Waals surface area contributed by atoms with Gasteiger partial charge in [0.15, 0.2) is 0 Å². The van der Waals surface area contributed by atoms with Crippen molar-refractivity contribution in [2.75, 3.05) is 18.6 Å². The zero-order valence-corrected chi connectivity index (χ0v) is 21.9. The van der Waals surface area contributed by atoms with E-state index in [0.29, 0.717) is 18.7 Å². The van der Waals surface area contributed by atoms with Gasteiger partial charge in [0.25, 0.3) is 0 Å². The van der Waals surface area contributed by atoms with Crippen LogP contribution in [0.5, 0.6) is 0 Å². The van der Waals surface area contributed by atoms with Crippen LogP contribution >= 0.6 is 11.8 Å². The monoisotopic (exact) mass is 546 g/mol. The first-order valence-corrected chi connectivity index (χ1v) is 13.8. The summed E-state index contributed by atoms with van der Waals surface area (Å²) in [6, 6.07) is 3.57. The van der Waals surface area contributed by atoms with Crippen LogP contribution in [0.15, 0.2) is 30.5 Å². The van der Waals surface area contributed by atoms with Gasteiger partial charge in [-0.1, -0.05) is 18.2 Å². The van der Waals surface area contributed by atoms with E-state index in [1.807, 2.05) is 30.5 Å². The Morgan fingerprint density at radius 3 is 2.45 bits per heavy atom. The number of hydrogen-bond acceptors (Lipinski definition) is 7. The number of carbonyl (C=O) groups excluding carboxylic acids is 4. The Morgan fingerprint density at radius 1 is 1.08 bits per heavy atom. The van der Waals surface area contributed by atoms with Crippen LogP contribution in [0, 0.1) is 0 Å². The van der Waals surface area contributed by atoms with Gasteiger partial charge in [-0.25, -0.2) is 4.79 Å². The molecule has 13 heteroatoms. The number of thioether (sulfide) groups is 1. The van der Waals surface area contributed by atoms with Crippen LogP contribution in [0.1, 0.15) is 31.2 Å². The topological polar surface area (TPSA) is 196 Å². The van der Waals surface area contributed by atoms with E-state index >= 15 is 0 Å². The van der Waals surface area contributed by atoms with Crippen LogP contribution in [0.2, 0.25) is 0 Å². The standard InChI is InChI=1S/C25H34N6O6S/c1-38-10-8-18(23(34)31-20(25(36)37)12-21(26)32)29-24(35)19(30-22(33)17-7-4-9-27-17)11-14-13-28-16-6-3-2-5-15(14)16/h2-3,5-6,13,17-20,27-28H,4,7-12H2,1H3,(H2,26,32)(H,29,35)(H,30,33)(H,31,34)(H,36,37). The third kappa shape index (κ3) is 7.96. The number of H-pyrrole nitrogens is 1. The van der Waals surface area contributed by atoms with Crippen LogP contribution in [0.25, 0.3) is 10.9 Å². The number of amides is 4. The molecule has 206 valence electrons. The SMILES string of the molecule is CSCCC(NC(=O)C(Cc1c[nH]c2ccccc12)NC(=O)C1CCCN1)C(=O)NC(CC(N)=O)C(=O)O. The van der Waals surface area contributed by atoms with E-state index in [1.165, 1.54) is 11.8 Å². The summed E-state index contributed by atoms with van der Waals surface area (Å²) in [5.41, 5.74) is 6.81. The Bertz CT molecular complexity index is 1160. The molecule has 38 heavy (non-hydrogen) atoms. The molecule has 0 bridgehead atoms. The summed E-state index contributed by atoms with van der Waals surface area (Å²) in [5, 5.41) is 21.2. The molecule has 1 aromatic heterocycles. The second kappa shape index (κ2) is 13.8. The number of carboxylic acid groups (broad SMARTS) is 1. The predicted octanol–water partition coefficient (Wildman–Crippen LogP) is -0.370. The molecule has 2 heterocycles. The smallest absolute Gasteiger partial charge is 0.326 e. The van der Waals surface area contributed by atoms with Crippen molar-refractivity contribution < 1.29 is 29.1 Å². The van der Waals surface area contributed by atoms with E-state index in [1.54, 1.807) is 6.20 Å². The zero-order chi connectivity index (χ0) is 27.7.